The van der Waals surface area contributed by atoms with Crippen molar-refractivity contribution in [1.82, 2.24) is 5.32 Å². The van der Waals surface area contributed by atoms with Crippen LogP contribution in [0, 0.1) is 35.5 Å². The van der Waals surface area contributed by atoms with Crippen molar-refractivity contribution in [3.05, 3.63) is 0 Å². The predicted molar refractivity (Wildman–Crippen MR) is 125 cm³/mol. The van der Waals surface area contributed by atoms with E-state index in [0.717, 1.165) is 54.8 Å². The van der Waals surface area contributed by atoms with Gasteiger partial charge >= 0.3 is 0 Å². The number of amidine groups is 3. The van der Waals surface area contributed by atoms with Gasteiger partial charge < -0.3 is 5.32 Å². The van der Waals surface area contributed by atoms with Gasteiger partial charge in [-0.25, -0.2) is 4.99 Å². The smallest absolute Gasteiger partial charge is 0.227 e. The topological polar surface area (TPSA) is 49.1 Å². The van der Waals surface area contributed by atoms with Crippen LogP contribution in [-0.2, 0) is 0 Å². The fourth-order valence-corrected chi connectivity index (χ4v) is 9.91. The number of nitrogens with zero attached hydrogens (tertiary/aromatic N) is 3. The molecule has 0 radical (unpaired) electrons. The Bertz CT molecular complexity index is 747. The monoisotopic (exact) mass is 468 g/mol. The third kappa shape index (κ3) is 3.83. The summed E-state index contributed by atoms with van der Waals surface area (Å²) in [5.74, 6) is 5.00. The summed E-state index contributed by atoms with van der Waals surface area (Å²) < 4.78 is 0. The highest BCUT2D eigenvalue weighted by Crippen LogP contribution is 2.57. The first-order valence-electron chi connectivity index (χ1n) is 11.9. The fraction of sp³-hybridized carbons (Fsp3) is 0.870. The molecule has 0 aromatic heterocycles. The molecule has 0 aliphatic heterocycles. The molecule has 7 heteroatoms. The highest BCUT2D eigenvalue weighted by Gasteiger charge is 2.52. The largest absolute Gasteiger partial charge is 0.355 e. The summed E-state index contributed by atoms with van der Waals surface area (Å²) in [7, 11) is 0. The molecule has 8 fully saturated rings. The van der Waals surface area contributed by atoms with Gasteiger partial charge in [-0.05, 0) is 147 Å². The maximum atomic E-state index is 6.49. The summed E-state index contributed by atoms with van der Waals surface area (Å²) in [6.07, 6.45) is 15.4. The zero-order valence-electron chi connectivity index (χ0n) is 17.4. The summed E-state index contributed by atoms with van der Waals surface area (Å²) in [4.78, 5) is 13.5. The Balaban J connectivity index is 1.14. The van der Waals surface area contributed by atoms with Crippen molar-refractivity contribution >= 4 is 50.7 Å². The van der Waals surface area contributed by atoms with Gasteiger partial charge in [-0.1, -0.05) is 0 Å². The zero-order valence-corrected chi connectivity index (χ0v) is 19.7. The van der Waals surface area contributed by atoms with E-state index in [-0.39, 0.29) is 21.7 Å². The Morgan fingerprint density at radius 2 is 1.03 bits per heavy atom. The third-order valence-electron chi connectivity index (χ3n) is 9.12. The quantitative estimate of drug-likeness (QED) is 0.288. The summed E-state index contributed by atoms with van der Waals surface area (Å²) in [6, 6.07) is 0. The number of halogens is 3. The maximum Gasteiger partial charge on any atom is 0.227 e. The minimum absolute atomic E-state index is 0.0164. The van der Waals surface area contributed by atoms with E-state index in [4.69, 9.17) is 39.8 Å². The van der Waals surface area contributed by atoms with Gasteiger partial charge in [0, 0.05) is 5.54 Å². The van der Waals surface area contributed by atoms with Crippen molar-refractivity contribution < 1.29 is 0 Å². The van der Waals surface area contributed by atoms with Gasteiger partial charge in [0.15, 0.2) is 5.29 Å². The van der Waals surface area contributed by atoms with Crippen molar-refractivity contribution in [1.29, 1.82) is 0 Å². The molecule has 8 rings (SSSR count). The van der Waals surface area contributed by atoms with Gasteiger partial charge in [-0.15, -0.1) is 0 Å². The van der Waals surface area contributed by atoms with E-state index in [0.29, 0.717) is 5.29 Å². The first-order valence-corrected chi connectivity index (χ1v) is 13.0. The van der Waals surface area contributed by atoms with E-state index in [1.165, 1.54) is 57.8 Å². The first-order chi connectivity index (χ1) is 14.4. The second kappa shape index (κ2) is 7.35. The Labute approximate surface area is 194 Å². The summed E-state index contributed by atoms with van der Waals surface area (Å²) in [5, 5.41) is 4.15. The van der Waals surface area contributed by atoms with Crippen molar-refractivity contribution in [2.45, 2.75) is 88.1 Å². The maximum absolute atomic E-state index is 6.49. The van der Waals surface area contributed by atoms with Gasteiger partial charge in [0.2, 0.25) is 10.6 Å². The SMILES string of the molecule is ClC(=NC12CC3CC(CC(C3)C1)C2)/N=C(Cl)/N=C(\Cl)NC12CC3CC(CC(C3)C1)C2. The van der Waals surface area contributed by atoms with Crippen LogP contribution in [-0.4, -0.2) is 27.0 Å². The minimum atomic E-state index is -0.0164. The lowest BCUT2D eigenvalue weighted by molar-refractivity contribution is -0.00966. The second-order valence-corrected chi connectivity index (χ2v) is 12.7. The van der Waals surface area contributed by atoms with E-state index >= 15 is 0 Å². The average Bonchev–Trinajstić information content (AvgIpc) is 2.57. The lowest BCUT2D eigenvalue weighted by Gasteiger charge is -2.57. The number of hydrogen-bond donors (Lipinski definition) is 1. The van der Waals surface area contributed by atoms with Crippen molar-refractivity contribution in [3.63, 3.8) is 0 Å². The molecule has 0 atom stereocenters. The van der Waals surface area contributed by atoms with Crippen LogP contribution >= 0.6 is 34.8 Å². The highest BCUT2D eigenvalue weighted by atomic mass is 35.5. The van der Waals surface area contributed by atoms with Crippen molar-refractivity contribution in [2.75, 3.05) is 0 Å². The van der Waals surface area contributed by atoms with Gasteiger partial charge in [0.1, 0.15) is 0 Å². The molecule has 0 amide bonds. The van der Waals surface area contributed by atoms with Gasteiger partial charge in [0.05, 0.1) is 5.54 Å². The molecule has 8 saturated carbocycles. The Morgan fingerprint density at radius 3 is 1.50 bits per heavy atom. The summed E-state index contributed by atoms with van der Waals surface area (Å²) >= 11 is 19.2. The van der Waals surface area contributed by atoms with E-state index in [1.54, 1.807) is 0 Å². The number of aliphatic imine (C=N–C) groups is 3. The van der Waals surface area contributed by atoms with Crippen LogP contribution in [0.5, 0.6) is 0 Å². The average molecular weight is 470 g/mol. The molecule has 1 N–H and O–H groups in total. The van der Waals surface area contributed by atoms with Crippen LogP contribution in [0.15, 0.2) is 15.0 Å². The second-order valence-electron chi connectivity index (χ2n) is 11.6. The lowest BCUT2D eigenvalue weighted by Crippen LogP contribution is -2.59. The van der Waals surface area contributed by atoms with Crippen LogP contribution in [0.3, 0.4) is 0 Å². The van der Waals surface area contributed by atoms with Crippen LogP contribution in [0.25, 0.3) is 0 Å². The minimum Gasteiger partial charge on any atom is -0.355 e. The van der Waals surface area contributed by atoms with Crippen molar-refractivity contribution in [3.8, 4) is 0 Å². The molecule has 0 unspecified atom stereocenters. The van der Waals surface area contributed by atoms with Gasteiger partial charge in [-0.3, -0.25) is 0 Å². The molecule has 0 aromatic carbocycles. The van der Waals surface area contributed by atoms with Crippen LogP contribution in [0.4, 0.5) is 0 Å². The van der Waals surface area contributed by atoms with Gasteiger partial charge in [-0.2, -0.15) is 9.98 Å². The molecule has 8 aliphatic carbocycles. The predicted octanol–water partition coefficient (Wildman–Crippen LogP) is 6.30. The van der Waals surface area contributed by atoms with Crippen LogP contribution < -0.4 is 5.32 Å². The van der Waals surface area contributed by atoms with E-state index < -0.39 is 0 Å². The summed E-state index contributed by atoms with van der Waals surface area (Å²) in [5.41, 5.74) is 0.0844. The normalized spacial score (nSPS) is 49.8. The molecule has 8 aliphatic rings. The number of rotatable bonds is 2. The van der Waals surface area contributed by atoms with Crippen LogP contribution in [0.2, 0.25) is 0 Å². The Kier molecular flexibility index (Phi) is 4.97. The highest BCUT2D eigenvalue weighted by molar-refractivity contribution is 6.74. The lowest BCUT2D eigenvalue weighted by atomic mass is 9.53. The third-order valence-corrected chi connectivity index (χ3v) is 9.63. The molecule has 0 spiro atoms. The zero-order chi connectivity index (χ0) is 20.5. The molecule has 8 bridgehead atoms. The standard InChI is InChI=1S/C23H31Cl3N4/c24-19(27-20(25)29-22-7-13-1-14(8-22)3-15(2-13)9-22)28-21(26)30-23-10-16-4-17(11-23)6-18(5-16)12-23/h13-18H,1-12H2,(H,27,28,29,30). The molecule has 30 heavy (non-hydrogen) atoms. The summed E-state index contributed by atoms with van der Waals surface area (Å²) in [6.45, 7) is 0. The van der Waals surface area contributed by atoms with Crippen molar-refractivity contribution in [2.24, 2.45) is 50.5 Å². The van der Waals surface area contributed by atoms with Crippen LogP contribution in [0.1, 0.15) is 77.0 Å². The van der Waals surface area contributed by atoms with Gasteiger partial charge in [0.25, 0.3) is 0 Å². The molecule has 4 nitrogen and oxygen atoms in total. The van der Waals surface area contributed by atoms with E-state index in [1.807, 2.05) is 0 Å². The van der Waals surface area contributed by atoms with E-state index in [9.17, 15) is 0 Å². The van der Waals surface area contributed by atoms with E-state index in [2.05, 4.69) is 15.3 Å². The molecule has 0 aromatic rings. The fourth-order valence-electron chi connectivity index (χ4n) is 9.12. The molecule has 0 heterocycles. The molecular weight excluding hydrogens is 439 g/mol. The molecular formula is C23H31Cl3N4. The first kappa shape index (κ1) is 20.3. The number of nitrogens with one attached hydrogen (secondary N) is 1. The number of hydrogen-bond acceptors (Lipinski definition) is 1. The molecule has 164 valence electrons. The Hall–Kier alpha value is -0.320. The molecule has 0 saturated heterocycles. The Morgan fingerprint density at radius 1 is 0.600 bits per heavy atom.